The van der Waals surface area contributed by atoms with Gasteiger partial charge in [0.25, 0.3) is 0 Å². The first-order valence-electron chi connectivity index (χ1n) is 5.81. The topological polar surface area (TPSA) is 78.9 Å². The highest BCUT2D eigenvalue weighted by molar-refractivity contribution is 6.07. The fourth-order valence-corrected chi connectivity index (χ4v) is 2.12. The molecule has 0 aliphatic carbocycles. The van der Waals surface area contributed by atoms with Gasteiger partial charge in [0.2, 0.25) is 5.75 Å². The van der Waals surface area contributed by atoms with E-state index in [-0.39, 0.29) is 17.1 Å². The predicted molar refractivity (Wildman–Crippen MR) is 70.1 cm³/mol. The molecule has 0 amide bonds. The summed E-state index contributed by atoms with van der Waals surface area (Å²) in [5.41, 5.74) is -0.000203. The molecule has 2 heterocycles. The molecule has 6 heteroatoms. The molecule has 0 spiro atoms. The Labute approximate surface area is 112 Å². The minimum atomic E-state index is -0.532. The first-order chi connectivity index (χ1) is 9.61. The molecule has 0 unspecified atom stereocenters. The molecule has 3 aromatic rings. The van der Waals surface area contributed by atoms with E-state index in [1.165, 1.54) is 32.4 Å². The van der Waals surface area contributed by atoms with E-state index in [1.54, 1.807) is 6.07 Å². The smallest absolute Gasteiger partial charge is 0.336 e. The largest absolute Gasteiger partial charge is 0.490 e. The van der Waals surface area contributed by atoms with Crippen LogP contribution < -0.4 is 15.1 Å². The van der Waals surface area contributed by atoms with Crippen molar-refractivity contribution >= 4 is 27.9 Å². The lowest BCUT2D eigenvalue weighted by atomic mass is 10.1. The number of hydrogen-bond donors (Lipinski definition) is 0. The maximum absolute atomic E-state index is 11.4. The fourth-order valence-electron chi connectivity index (χ4n) is 2.12. The van der Waals surface area contributed by atoms with Crippen LogP contribution in [0.25, 0.3) is 21.9 Å². The number of esters is 1. The van der Waals surface area contributed by atoms with Crippen LogP contribution in [0, 0.1) is 0 Å². The highest BCUT2D eigenvalue weighted by Crippen LogP contribution is 2.42. The van der Waals surface area contributed by atoms with Crippen LogP contribution in [0.15, 0.2) is 38.1 Å². The molecular weight excluding hydrogens is 264 g/mol. The number of furan rings is 1. The van der Waals surface area contributed by atoms with Gasteiger partial charge in [-0.3, -0.25) is 4.79 Å². The molecule has 0 aliphatic heterocycles. The third-order valence-electron chi connectivity index (χ3n) is 2.85. The summed E-state index contributed by atoms with van der Waals surface area (Å²) < 4.78 is 21.0. The number of carbonyl (C=O) groups is 1. The van der Waals surface area contributed by atoms with Gasteiger partial charge in [-0.05, 0) is 12.1 Å². The third kappa shape index (κ3) is 1.73. The molecule has 102 valence electrons. The van der Waals surface area contributed by atoms with Crippen LogP contribution in [0.3, 0.4) is 0 Å². The Morgan fingerprint density at radius 2 is 1.85 bits per heavy atom. The average molecular weight is 274 g/mol. The Hall–Kier alpha value is -2.76. The van der Waals surface area contributed by atoms with Crippen molar-refractivity contribution in [3.05, 3.63) is 34.9 Å². The van der Waals surface area contributed by atoms with Crippen LogP contribution in [-0.4, -0.2) is 13.1 Å². The van der Waals surface area contributed by atoms with Gasteiger partial charge in [-0.15, -0.1) is 0 Å². The van der Waals surface area contributed by atoms with Gasteiger partial charge in [-0.1, -0.05) is 0 Å². The van der Waals surface area contributed by atoms with Crippen LogP contribution in [0.1, 0.15) is 6.92 Å². The molecule has 3 rings (SSSR count). The molecule has 0 atom stereocenters. The highest BCUT2D eigenvalue weighted by Gasteiger charge is 2.21. The third-order valence-corrected chi connectivity index (χ3v) is 2.85. The summed E-state index contributed by atoms with van der Waals surface area (Å²) in [5.74, 6) is 0.0829. The molecule has 0 bridgehead atoms. The van der Waals surface area contributed by atoms with Crippen molar-refractivity contribution in [2.24, 2.45) is 0 Å². The molecule has 2 aromatic heterocycles. The van der Waals surface area contributed by atoms with E-state index in [0.29, 0.717) is 16.4 Å². The second-order valence-electron chi connectivity index (χ2n) is 4.12. The lowest BCUT2D eigenvalue weighted by Crippen LogP contribution is -2.04. The van der Waals surface area contributed by atoms with E-state index in [2.05, 4.69) is 0 Å². The van der Waals surface area contributed by atoms with Crippen molar-refractivity contribution in [3.63, 3.8) is 0 Å². The van der Waals surface area contributed by atoms with Crippen molar-refractivity contribution in [1.82, 2.24) is 0 Å². The van der Waals surface area contributed by atoms with E-state index in [0.717, 1.165) is 0 Å². The lowest BCUT2D eigenvalue weighted by Gasteiger charge is -2.10. The van der Waals surface area contributed by atoms with Gasteiger partial charge in [0.15, 0.2) is 16.9 Å². The summed E-state index contributed by atoms with van der Waals surface area (Å²) in [6.07, 6.45) is 1.44. The summed E-state index contributed by atoms with van der Waals surface area (Å²) in [6.45, 7) is 1.29. The number of carbonyl (C=O) groups excluding carboxylic acids is 1. The lowest BCUT2D eigenvalue weighted by molar-refractivity contribution is -0.131. The van der Waals surface area contributed by atoms with Gasteiger partial charge in [0.1, 0.15) is 0 Å². The maximum atomic E-state index is 11.4. The first kappa shape index (κ1) is 12.3. The standard InChI is InChI=1S/C14H10O6/c1-7(15)19-11-8-3-4-10(16)20-13(8)14(17-2)12-9(11)5-6-18-12/h3-6H,1-2H3. The van der Waals surface area contributed by atoms with Crippen LogP contribution in [-0.2, 0) is 4.79 Å². The highest BCUT2D eigenvalue weighted by atomic mass is 16.5. The number of fused-ring (bicyclic) bond motifs is 2. The zero-order chi connectivity index (χ0) is 14.3. The average Bonchev–Trinajstić information content (AvgIpc) is 2.87. The minimum Gasteiger partial charge on any atom is -0.490 e. The van der Waals surface area contributed by atoms with E-state index in [4.69, 9.17) is 18.3 Å². The zero-order valence-electron chi connectivity index (χ0n) is 10.8. The molecular formula is C14H10O6. The number of rotatable bonds is 2. The molecule has 0 radical (unpaired) electrons. The Balaban J connectivity index is 2.53. The Morgan fingerprint density at radius 3 is 2.55 bits per heavy atom. The van der Waals surface area contributed by atoms with E-state index >= 15 is 0 Å². The molecule has 6 nitrogen and oxygen atoms in total. The molecule has 20 heavy (non-hydrogen) atoms. The zero-order valence-corrected chi connectivity index (χ0v) is 10.8. The summed E-state index contributed by atoms with van der Waals surface area (Å²) in [5, 5.41) is 1.03. The number of benzene rings is 1. The number of hydrogen-bond acceptors (Lipinski definition) is 6. The van der Waals surface area contributed by atoms with Crippen LogP contribution in [0.2, 0.25) is 0 Å². The molecule has 0 N–H and O–H groups in total. The SMILES string of the molecule is COc1c2occc2c(OC(C)=O)c2ccc(=O)oc12. The van der Waals surface area contributed by atoms with Crippen LogP contribution >= 0.6 is 0 Å². The van der Waals surface area contributed by atoms with E-state index in [1.807, 2.05) is 0 Å². The van der Waals surface area contributed by atoms with Gasteiger partial charge < -0.3 is 18.3 Å². The molecule has 0 aliphatic rings. The molecule has 0 saturated carbocycles. The molecule has 1 aromatic carbocycles. The van der Waals surface area contributed by atoms with Gasteiger partial charge in [0, 0.05) is 13.0 Å². The Bertz CT molecular complexity index is 870. The van der Waals surface area contributed by atoms with Gasteiger partial charge in [-0.2, -0.15) is 0 Å². The molecule has 0 saturated heterocycles. The minimum absolute atomic E-state index is 0.179. The maximum Gasteiger partial charge on any atom is 0.336 e. The van der Waals surface area contributed by atoms with Crippen molar-refractivity contribution < 1.29 is 23.1 Å². The van der Waals surface area contributed by atoms with Crippen LogP contribution in [0.4, 0.5) is 0 Å². The second kappa shape index (κ2) is 4.41. The van der Waals surface area contributed by atoms with Crippen molar-refractivity contribution in [3.8, 4) is 11.5 Å². The second-order valence-corrected chi connectivity index (χ2v) is 4.12. The van der Waals surface area contributed by atoms with E-state index in [9.17, 15) is 9.59 Å². The fraction of sp³-hybridized carbons (Fsp3) is 0.143. The molecule has 0 fully saturated rings. The summed E-state index contributed by atoms with van der Waals surface area (Å²) >= 11 is 0. The van der Waals surface area contributed by atoms with Crippen LogP contribution in [0.5, 0.6) is 11.5 Å². The normalized spacial score (nSPS) is 10.9. The van der Waals surface area contributed by atoms with Crippen molar-refractivity contribution in [2.75, 3.05) is 7.11 Å². The Kier molecular flexibility index (Phi) is 2.71. The summed E-state index contributed by atoms with van der Waals surface area (Å²) in [7, 11) is 1.44. The van der Waals surface area contributed by atoms with Gasteiger partial charge in [-0.25, -0.2) is 4.79 Å². The number of ether oxygens (including phenoxy) is 2. The van der Waals surface area contributed by atoms with Crippen molar-refractivity contribution in [1.29, 1.82) is 0 Å². The quantitative estimate of drug-likeness (QED) is 0.406. The summed E-state index contributed by atoms with van der Waals surface area (Å²) in [4.78, 5) is 22.7. The van der Waals surface area contributed by atoms with E-state index < -0.39 is 11.6 Å². The first-order valence-corrected chi connectivity index (χ1v) is 5.81. The van der Waals surface area contributed by atoms with Crippen molar-refractivity contribution in [2.45, 2.75) is 6.92 Å². The van der Waals surface area contributed by atoms with Gasteiger partial charge in [0.05, 0.1) is 24.1 Å². The predicted octanol–water partition coefficient (Wildman–Crippen LogP) is 2.47. The summed E-state index contributed by atoms with van der Waals surface area (Å²) in [6, 6.07) is 4.43. The number of methoxy groups -OCH3 is 1. The monoisotopic (exact) mass is 274 g/mol. The van der Waals surface area contributed by atoms with Gasteiger partial charge >= 0.3 is 11.6 Å². The Morgan fingerprint density at radius 1 is 1.10 bits per heavy atom.